The monoisotopic (exact) mass is 242 g/mol. The number of anilines is 1. The van der Waals surface area contributed by atoms with Gasteiger partial charge in [0.05, 0.1) is 0 Å². The van der Waals surface area contributed by atoms with Crippen LogP contribution in [0, 0.1) is 6.92 Å². The maximum Gasteiger partial charge on any atom is 0.161 e. The first kappa shape index (κ1) is 12.5. The molecular formula is C14H18N4. The third-order valence-corrected chi connectivity index (χ3v) is 3.06. The molecule has 4 heteroatoms. The first-order valence-electron chi connectivity index (χ1n) is 6.00. The van der Waals surface area contributed by atoms with E-state index in [0.29, 0.717) is 11.6 Å². The van der Waals surface area contributed by atoms with E-state index in [1.807, 2.05) is 51.2 Å². The summed E-state index contributed by atoms with van der Waals surface area (Å²) in [7, 11) is 1.90. The third kappa shape index (κ3) is 2.33. The number of nitrogens with one attached hydrogen (secondary N) is 1. The summed E-state index contributed by atoms with van der Waals surface area (Å²) in [6.45, 7) is 4.01. The van der Waals surface area contributed by atoms with Crippen LogP contribution in [-0.4, -0.2) is 17.0 Å². The van der Waals surface area contributed by atoms with E-state index in [9.17, 15) is 0 Å². The van der Waals surface area contributed by atoms with Gasteiger partial charge in [-0.3, -0.25) is 0 Å². The summed E-state index contributed by atoms with van der Waals surface area (Å²) in [6.07, 6.45) is 0. The highest BCUT2D eigenvalue weighted by atomic mass is 15.0. The number of nitrogen functional groups attached to an aromatic ring is 1. The molecule has 1 atom stereocenters. The highest BCUT2D eigenvalue weighted by Gasteiger charge is 2.14. The molecule has 0 spiro atoms. The minimum atomic E-state index is 0.148. The highest BCUT2D eigenvalue weighted by molar-refractivity contribution is 5.59. The molecule has 18 heavy (non-hydrogen) atoms. The molecule has 0 aliphatic heterocycles. The Hall–Kier alpha value is -1.94. The van der Waals surface area contributed by atoms with Crippen LogP contribution in [-0.2, 0) is 0 Å². The van der Waals surface area contributed by atoms with E-state index in [2.05, 4.69) is 15.3 Å². The summed E-state index contributed by atoms with van der Waals surface area (Å²) in [5, 5.41) is 3.16. The number of hydrogen-bond donors (Lipinski definition) is 2. The Kier molecular flexibility index (Phi) is 3.58. The highest BCUT2D eigenvalue weighted by Crippen LogP contribution is 2.24. The van der Waals surface area contributed by atoms with E-state index in [0.717, 1.165) is 16.8 Å². The van der Waals surface area contributed by atoms with Crippen LogP contribution in [0.5, 0.6) is 0 Å². The van der Waals surface area contributed by atoms with Crippen molar-refractivity contribution in [3.63, 3.8) is 0 Å². The second kappa shape index (κ2) is 5.14. The van der Waals surface area contributed by atoms with Crippen LogP contribution >= 0.6 is 0 Å². The van der Waals surface area contributed by atoms with E-state index in [1.54, 1.807) is 0 Å². The standard InChI is InChI=1S/C14H18N4/c1-9(16-3)12-10(2)17-14(18-13(12)15)11-7-5-4-6-8-11/h4-9,16H,1-3H3,(H2,15,17,18). The van der Waals surface area contributed by atoms with Crippen molar-refractivity contribution >= 4 is 5.82 Å². The second-order valence-electron chi connectivity index (χ2n) is 4.31. The topological polar surface area (TPSA) is 63.8 Å². The fourth-order valence-corrected chi connectivity index (χ4v) is 2.00. The fourth-order valence-electron chi connectivity index (χ4n) is 2.00. The molecule has 1 unspecified atom stereocenters. The van der Waals surface area contributed by atoms with Crippen molar-refractivity contribution < 1.29 is 0 Å². The molecule has 1 aromatic heterocycles. The van der Waals surface area contributed by atoms with Gasteiger partial charge in [-0.2, -0.15) is 0 Å². The number of aromatic nitrogens is 2. The summed E-state index contributed by atoms with van der Waals surface area (Å²) >= 11 is 0. The normalized spacial score (nSPS) is 12.4. The minimum absolute atomic E-state index is 0.148. The SMILES string of the molecule is CNC(C)c1c(C)nc(-c2ccccc2)nc1N. The van der Waals surface area contributed by atoms with Crippen LogP contribution in [0.4, 0.5) is 5.82 Å². The first-order chi connectivity index (χ1) is 8.63. The molecule has 0 bridgehead atoms. The third-order valence-electron chi connectivity index (χ3n) is 3.06. The van der Waals surface area contributed by atoms with Crippen LogP contribution in [0.15, 0.2) is 30.3 Å². The van der Waals surface area contributed by atoms with Crippen LogP contribution in [0.1, 0.15) is 24.2 Å². The van der Waals surface area contributed by atoms with Gasteiger partial charge in [-0.15, -0.1) is 0 Å². The maximum absolute atomic E-state index is 6.04. The van der Waals surface area contributed by atoms with Gasteiger partial charge >= 0.3 is 0 Å². The van der Waals surface area contributed by atoms with E-state index in [-0.39, 0.29) is 6.04 Å². The molecule has 1 heterocycles. The van der Waals surface area contributed by atoms with Gasteiger partial charge in [-0.05, 0) is 20.9 Å². The second-order valence-corrected chi connectivity index (χ2v) is 4.31. The zero-order chi connectivity index (χ0) is 13.1. The molecular weight excluding hydrogens is 224 g/mol. The van der Waals surface area contributed by atoms with Crippen molar-refractivity contribution in [2.24, 2.45) is 0 Å². The number of aryl methyl sites for hydroxylation is 1. The Labute approximate surface area is 107 Å². The smallest absolute Gasteiger partial charge is 0.161 e. The summed E-state index contributed by atoms with van der Waals surface area (Å²) in [5.74, 6) is 1.22. The number of nitrogens with two attached hydrogens (primary N) is 1. The minimum Gasteiger partial charge on any atom is -0.383 e. The largest absolute Gasteiger partial charge is 0.383 e. The molecule has 0 fully saturated rings. The maximum atomic E-state index is 6.04. The molecule has 0 aliphatic carbocycles. The van der Waals surface area contributed by atoms with Crippen molar-refractivity contribution in [1.29, 1.82) is 0 Å². The van der Waals surface area contributed by atoms with Gasteiger partial charge < -0.3 is 11.1 Å². The van der Waals surface area contributed by atoms with E-state index < -0.39 is 0 Å². The quantitative estimate of drug-likeness (QED) is 0.867. The number of benzene rings is 1. The van der Waals surface area contributed by atoms with E-state index >= 15 is 0 Å². The van der Waals surface area contributed by atoms with Gasteiger partial charge in [-0.25, -0.2) is 9.97 Å². The van der Waals surface area contributed by atoms with Gasteiger partial charge in [0.15, 0.2) is 5.82 Å². The van der Waals surface area contributed by atoms with Crippen LogP contribution in [0.25, 0.3) is 11.4 Å². The predicted molar refractivity (Wildman–Crippen MR) is 74.1 cm³/mol. The summed E-state index contributed by atoms with van der Waals surface area (Å²) in [5.41, 5.74) is 8.92. The van der Waals surface area contributed by atoms with Crippen LogP contribution < -0.4 is 11.1 Å². The molecule has 94 valence electrons. The lowest BCUT2D eigenvalue weighted by atomic mass is 10.1. The first-order valence-corrected chi connectivity index (χ1v) is 6.00. The summed E-state index contributed by atoms with van der Waals surface area (Å²) in [4.78, 5) is 8.94. The zero-order valence-corrected chi connectivity index (χ0v) is 10.9. The van der Waals surface area contributed by atoms with Gasteiger partial charge in [0.1, 0.15) is 5.82 Å². The fraction of sp³-hybridized carbons (Fsp3) is 0.286. The zero-order valence-electron chi connectivity index (χ0n) is 10.9. The van der Waals surface area contributed by atoms with Crippen LogP contribution in [0.2, 0.25) is 0 Å². The Balaban J connectivity index is 2.49. The Bertz CT molecular complexity index is 514. The van der Waals surface area contributed by atoms with Crippen molar-refractivity contribution in [3.05, 3.63) is 41.6 Å². The van der Waals surface area contributed by atoms with Gasteiger partial charge in [0.25, 0.3) is 0 Å². The van der Waals surface area contributed by atoms with E-state index in [4.69, 9.17) is 5.73 Å². The van der Waals surface area contributed by atoms with Crippen molar-refractivity contribution in [2.45, 2.75) is 19.9 Å². The lowest BCUT2D eigenvalue weighted by Gasteiger charge is -2.16. The molecule has 0 amide bonds. The Morgan fingerprint density at radius 2 is 1.83 bits per heavy atom. The van der Waals surface area contributed by atoms with E-state index in [1.165, 1.54) is 0 Å². The molecule has 1 aromatic carbocycles. The molecule has 3 N–H and O–H groups in total. The average molecular weight is 242 g/mol. The lowest BCUT2D eigenvalue weighted by molar-refractivity contribution is 0.644. The number of rotatable bonds is 3. The van der Waals surface area contributed by atoms with Crippen molar-refractivity contribution in [2.75, 3.05) is 12.8 Å². The Morgan fingerprint density at radius 3 is 2.39 bits per heavy atom. The average Bonchev–Trinajstić information content (AvgIpc) is 2.38. The predicted octanol–water partition coefficient (Wildman–Crippen LogP) is 2.31. The molecule has 4 nitrogen and oxygen atoms in total. The van der Waals surface area contributed by atoms with Crippen LogP contribution in [0.3, 0.4) is 0 Å². The number of hydrogen-bond acceptors (Lipinski definition) is 4. The molecule has 0 saturated carbocycles. The van der Waals surface area contributed by atoms with Crippen molar-refractivity contribution in [3.8, 4) is 11.4 Å². The Morgan fingerprint density at radius 1 is 1.17 bits per heavy atom. The summed E-state index contributed by atoms with van der Waals surface area (Å²) in [6, 6.07) is 10.0. The van der Waals surface area contributed by atoms with Gasteiger partial charge in [0.2, 0.25) is 0 Å². The molecule has 0 radical (unpaired) electrons. The van der Waals surface area contributed by atoms with Gasteiger partial charge in [-0.1, -0.05) is 30.3 Å². The number of nitrogens with zero attached hydrogens (tertiary/aromatic N) is 2. The van der Waals surface area contributed by atoms with Crippen molar-refractivity contribution in [1.82, 2.24) is 15.3 Å². The summed E-state index contributed by atoms with van der Waals surface area (Å²) < 4.78 is 0. The molecule has 2 rings (SSSR count). The molecule has 0 saturated heterocycles. The molecule has 2 aromatic rings. The lowest BCUT2D eigenvalue weighted by Crippen LogP contribution is -2.17. The van der Waals surface area contributed by atoms with Gasteiger partial charge in [0, 0.05) is 22.9 Å². The molecule has 0 aliphatic rings.